The highest BCUT2D eigenvalue weighted by atomic mass is 16.5. The molecule has 1 aliphatic heterocycles. The van der Waals surface area contributed by atoms with Gasteiger partial charge in [-0.1, -0.05) is 0 Å². The quantitative estimate of drug-likeness (QED) is 0.659. The summed E-state index contributed by atoms with van der Waals surface area (Å²) >= 11 is 0. The fraction of sp³-hybridized carbons (Fsp3) is 0.562. The van der Waals surface area contributed by atoms with E-state index in [4.69, 9.17) is 10.5 Å². The summed E-state index contributed by atoms with van der Waals surface area (Å²) in [5, 5.41) is 10.2. The third kappa shape index (κ3) is 3.88. The van der Waals surface area contributed by atoms with Crippen LogP contribution in [-0.4, -0.2) is 36.4 Å². The lowest BCUT2D eigenvalue weighted by Crippen LogP contribution is -2.29. The summed E-state index contributed by atoms with van der Waals surface area (Å²) in [5.74, 6) is -0.351. The highest BCUT2D eigenvalue weighted by Crippen LogP contribution is 2.29. The van der Waals surface area contributed by atoms with Gasteiger partial charge in [-0.3, -0.25) is 0 Å². The Kier molecular flexibility index (Phi) is 4.73. The van der Waals surface area contributed by atoms with Crippen molar-refractivity contribution in [3.05, 3.63) is 23.8 Å². The van der Waals surface area contributed by atoms with Gasteiger partial charge in [0.05, 0.1) is 23.5 Å². The first-order valence-electron chi connectivity index (χ1n) is 7.47. The van der Waals surface area contributed by atoms with Crippen LogP contribution in [0.1, 0.15) is 43.5 Å². The summed E-state index contributed by atoms with van der Waals surface area (Å²) in [7, 11) is 0. The van der Waals surface area contributed by atoms with E-state index in [1.165, 1.54) is 0 Å². The standard InChI is InChI=1S/C16H24N2O3/c1-3-21-15(19)13-11-12(17)5-6-14(13)18-9-4-7-16(2,20)8-10-18/h5-6,11,20H,3-4,7-10,17H2,1-2H3. The Hall–Kier alpha value is -1.75. The van der Waals surface area contributed by atoms with Crippen molar-refractivity contribution in [1.29, 1.82) is 0 Å². The largest absolute Gasteiger partial charge is 0.462 e. The highest BCUT2D eigenvalue weighted by molar-refractivity contribution is 5.97. The lowest BCUT2D eigenvalue weighted by molar-refractivity contribution is 0.0481. The first-order valence-corrected chi connectivity index (χ1v) is 7.47. The van der Waals surface area contributed by atoms with Crippen molar-refractivity contribution >= 4 is 17.3 Å². The molecule has 1 atom stereocenters. The average molecular weight is 292 g/mol. The van der Waals surface area contributed by atoms with E-state index in [0.717, 1.165) is 25.1 Å². The molecule has 0 aromatic heterocycles. The van der Waals surface area contributed by atoms with Crippen LogP contribution in [0.15, 0.2) is 18.2 Å². The maximum absolute atomic E-state index is 12.1. The van der Waals surface area contributed by atoms with Gasteiger partial charge in [0.2, 0.25) is 0 Å². The molecule has 1 aliphatic rings. The normalized spacial score (nSPS) is 22.7. The Balaban J connectivity index is 2.28. The molecule has 1 aromatic carbocycles. The number of hydrogen-bond acceptors (Lipinski definition) is 5. The van der Waals surface area contributed by atoms with Crippen molar-refractivity contribution in [3.8, 4) is 0 Å². The fourth-order valence-electron chi connectivity index (χ4n) is 2.71. The number of carbonyl (C=O) groups excluding carboxylic acids is 1. The van der Waals surface area contributed by atoms with Gasteiger partial charge in [-0.2, -0.15) is 0 Å². The number of nitrogens with two attached hydrogens (primary N) is 1. The van der Waals surface area contributed by atoms with Gasteiger partial charge >= 0.3 is 5.97 Å². The zero-order valence-electron chi connectivity index (χ0n) is 12.8. The number of aliphatic hydroxyl groups is 1. The predicted molar refractivity (Wildman–Crippen MR) is 83.5 cm³/mol. The highest BCUT2D eigenvalue weighted by Gasteiger charge is 2.27. The second kappa shape index (κ2) is 6.35. The van der Waals surface area contributed by atoms with E-state index in [9.17, 15) is 9.90 Å². The van der Waals surface area contributed by atoms with Crippen molar-refractivity contribution in [2.45, 2.75) is 38.7 Å². The molecular weight excluding hydrogens is 268 g/mol. The Bertz CT molecular complexity index is 514. The summed E-state index contributed by atoms with van der Waals surface area (Å²) in [6.45, 7) is 5.51. The summed E-state index contributed by atoms with van der Waals surface area (Å²) in [6.07, 6.45) is 2.34. The maximum atomic E-state index is 12.1. The molecule has 3 N–H and O–H groups in total. The monoisotopic (exact) mass is 292 g/mol. The molecule has 0 spiro atoms. The molecule has 1 saturated heterocycles. The zero-order valence-corrected chi connectivity index (χ0v) is 12.8. The average Bonchev–Trinajstić information content (AvgIpc) is 2.60. The minimum atomic E-state index is -0.632. The van der Waals surface area contributed by atoms with Gasteiger partial charge in [0.15, 0.2) is 0 Å². The number of anilines is 2. The SMILES string of the molecule is CCOC(=O)c1cc(N)ccc1N1CCCC(C)(O)CC1. The molecule has 0 amide bonds. The number of benzene rings is 1. The van der Waals surface area contributed by atoms with E-state index in [-0.39, 0.29) is 5.97 Å². The number of hydrogen-bond donors (Lipinski definition) is 2. The van der Waals surface area contributed by atoms with Gasteiger partial charge in [0.25, 0.3) is 0 Å². The second-order valence-corrected chi connectivity index (χ2v) is 5.83. The summed E-state index contributed by atoms with van der Waals surface area (Å²) in [6, 6.07) is 5.32. The molecule has 0 radical (unpaired) electrons. The van der Waals surface area contributed by atoms with Gasteiger partial charge < -0.3 is 20.5 Å². The third-order valence-electron chi connectivity index (χ3n) is 3.92. The summed E-state index contributed by atoms with van der Waals surface area (Å²) in [5.41, 5.74) is 7.04. The molecule has 5 nitrogen and oxygen atoms in total. The smallest absolute Gasteiger partial charge is 0.340 e. The van der Waals surface area contributed by atoms with Crippen molar-refractivity contribution < 1.29 is 14.6 Å². The number of nitrogen functional groups attached to an aromatic ring is 1. The molecule has 21 heavy (non-hydrogen) atoms. The Morgan fingerprint density at radius 1 is 1.43 bits per heavy atom. The Labute approximate surface area is 125 Å². The van der Waals surface area contributed by atoms with E-state index in [1.807, 2.05) is 13.0 Å². The molecule has 0 bridgehead atoms. The Morgan fingerprint density at radius 3 is 2.90 bits per heavy atom. The number of rotatable bonds is 3. The van der Waals surface area contributed by atoms with Crippen LogP contribution in [0.5, 0.6) is 0 Å². The van der Waals surface area contributed by atoms with Crippen LogP contribution in [0.25, 0.3) is 0 Å². The van der Waals surface area contributed by atoms with E-state index < -0.39 is 5.60 Å². The zero-order chi connectivity index (χ0) is 15.5. The first kappa shape index (κ1) is 15.6. The van der Waals surface area contributed by atoms with Crippen LogP contribution >= 0.6 is 0 Å². The summed E-state index contributed by atoms with van der Waals surface area (Å²) < 4.78 is 5.12. The van der Waals surface area contributed by atoms with E-state index in [0.29, 0.717) is 30.8 Å². The third-order valence-corrected chi connectivity index (χ3v) is 3.92. The molecule has 0 aliphatic carbocycles. The van der Waals surface area contributed by atoms with Crippen molar-refractivity contribution in [1.82, 2.24) is 0 Å². The minimum Gasteiger partial charge on any atom is -0.462 e. The van der Waals surface area contributed by atoms with Crippen LogP contribution in [0.3, 0.4) is 0 Å². The molecule has 0 saturated carbocycles. The first-order chi connectivity index (χ1) is 9.93. The number of nitrogens with zero attached hydrogens (tertiary/aromatic N) is 1. The van der Waals surface area contributed by atoms with E-state index in [2.05, 4.69) is 4.90 Å². The van der Waals surface area contributed by atoms with Crippen LogP contribution in [0.2, 0.25) is 0 Å². The molecule has 1 fully saturated rings. The molecule has 5 heteroatoms. The fourth-order valence-corrected chi connectivity index (χ4v) is 2.71. The number of esters is 1. The number of ether oxygens (including phenoxy) is 1. The van der Waals surface area contributed by atoms with Crippen molar-refractivity contribution in [2.24, 2.45) is 0 Å². The number of carbonyl (C=O) groups is 1. The van der Waals surface area contributed by atoms with Gasteiger partial charge in [-0.05, 0) is 51.3 Å². The molecular formula is C16H24N2O3. The lowest BCUT2D eigenvalue weighted by atomic mass is 9.98. The Morgan fingerprint density at radius 2 is 2.19 bits per heavy atom. The van der Waals surface area contributed by atoms with Crippen molar-refractivity contribution in [3.63, 3.8) is 0 Å². The molecule has 116 valence electrons. The molecule has 1 unspecified atom stereocenters. The van der Waals surface area contributed by atoms with Crippen LogP contribution in [-0.2, 0) is 4.74 Å². The van der Waals surface area contributed by atoms with Gasteiger partial charge in [-0.15, -0.1) is 0 Å². The topological polar surface area (TPSA) is 75.8 Å². The van der Waals surface area contributed by atoms with Gasteiger partial charge in [-0.25, -0.2) is 4.79 Å². The van der Waals surface area contributed by atoms with Crippen LogP contribution < -0.4 is 10.6 Å². The van der Waals surface area contributed by atoms with Gasteiger partial charge in [0, 0.05) is 18.8 Å². The molecule has 2 rings (SSSR count). The lowest BCUT2D eigenvalue weighted by Gasteiger charge is -2.26. The molecule has 1 aromatic rings. The van der Waals surface area contributed by atoms with E-state index >= 15 is 0 Å². The summed E-state index contributed by atoms with van der Waals surface area (Å²) in [4.78, 5) is 14.3. The van der Waals surface area contributed by atoms with E-state index in [1.54, 1.807) is 19.1 Å². The molecule has 1 heterocycles. The van der Waals surface area contributed by atoms with Crippen molar-refractivity contribution in [2.75, 3.05) is 30.3 Å². The van der Waals surface area contributed by atoms with Crippen LogP contribution in [0, 0.1) is 0 Å². The predicted octanol–water partition coefficient (Wildman–Crippen LogP) is 2.19. The minimum absolute atomic E-state index is 0.335. The maximum Gasteiger partial charge on any atom is 0.340 e. The van der Waals surface area contributed by atoms with Crippen LogP contribution in [0.4, 0.5) is 11.4 Å². The van der Waals surface area contributed by atoms with Gasteiger partial charge in [0.1, 0.15) is 0 Å². The second-order valence-electron chi connectivity index (χ2n) is 5.83.